The Bertz CT molecular complexity index is 761. The number of rotatable bonds is 3. The van der Waals surface area contributed by atoms with E-state index in [-0.39, 0.29) is 11.8 Å². The minimum atomic E-state index is -0.382. The molecule has 2 heterocycles. The highest BCUT2D eigenvalue weighted by molar-refractivity contribution is 7.20. The molecule has 0 amide bonds. The molecule has 2 aromatic heterocycles. The molecule has 1 N–H and O–H groups in total. The summed E-state index contributed by atoms with van der Waals surface area (Å²) in [6.45, 7) is 2.08. The van der Waals surface area contributed by atoms with Crippen molar-refractivity contribution in [2.45, 2.75) is 6.92 Å². The Kier molecular flexibility index (Phi) is 3.15. The van der Waals surface area contributed by atoms with Crippen molar-refractivity contribution in [3.63, 3.8) is 0 Å². The van der Waals surface area contributed by atoms with Gasteiger partial charge < -0.3 is 9.84 Å². The lowest BCUT2D eigenvalue weighted by Gasteiger charge is -2.00. The van der Waals surface area contributed by atoms with Crippen molar-refractivity contribution in [3.05, 3.63) is 41.3 Å². The molecule has 0 saturated carbocycles. The number of benzene rings is 1. The topological polar surface area (TPSA) is 64.3 Å². The average Bonchev–Trinajstić information content (AvgIpc) is 3.01. The molecule has 20 heavy (non-hydrogen) atoms. The summed E-state index contributed by atoms with van der Waals surface area (Å²) in [6.07, 6.45) is 0. The minimum Gasteiger partial charge on any atom is -0.492 e. The summed E-state index contributed by atoms with van der Waals surface area (Å²) in [7, 11) is 0. The quantitative estimate of drug-likeness (QED) is 0.752. The van der Waals surface area contributed by atoms with E-state index in [1.807, 2.05) is 30.3 Å². The van der Waals surface area contributed by atoms with E-state index in [2.05, 4.69) is 5.10 Å². The van der Waals surface area contributed by atoms with E-state index in [9.17, 15) is 9.90 Å². The van der Waals surface area contributed by atoms with Gasteiger partial charge in [-0.25, -0.2) is 9.48 Å². The van der Waals surface area contributed by atoms with Crippen LogP contribution in [0.2, 0.25) is 0 Å². The number of carbonyl (C=O) groups is 1. The maximum absolute atomic E-state index is 11.7. The summed E-state index contributed by atoms with van der Waals surface area (Å²) < 4.78 is 6.60. The molecular weight excluding hydrogens is 276 g/mol. The molecule has 3 rings (SSSR count). The van der Waals surface area contributed by atoms with Crippen molar-refractivity contribution in [2.24, 2.45) is 0 Å². The fraction of sp³-hybridized carbons (Fsp3) is 0.143. The van der Waals surface area contributed by atoms with Crippen LogP contribution in [0.4, 0.5) is 0 Å². The second-order valence-electron chi connectivity index (χ2n) is 4.12. The van der Waals surface area contributed by atoms with Crippen LogP contribution in [-0.2, 0) is 4.74 Å². The number of ether oxygens (including phenoxy) is 1. The second-order valence-corrected chi connectivity index (χ2v) is 5.15. The predicted molar refractivity (Wildman–Crippen MR) is 76.6 cm³/mol. The zero-order valence-electron chi connectivity index (χ0n) is 10.7. The molecule has 0 spiro atoms. The van der Waals surface area contributed by atoms with Crippen LogP contribution in [0, 0.1) is 0 Å². The Labute approximate surface area is 119 Å². The summed E-state index contributed by atoms with van der Waals surface area (Å²) >= 11 is 1.25. The first-order valence-corrected chi connectivity index (χ1v) is 6.96. The number of fused-ring (bicyclic) bond motifs is 1. The third kappa shape index (κ3) is 2.04. The number of aromatic nitrogens is 2. The van der Waals surface area contributed by atoms with Gasteiger partial charge in [0.05, 0.1) is 17.7 Å². The van der Waals surface area contributed by atoms with Crippen LogP contribution >= 0.6 is 11.3 Å². The molecule has 0 aliphatic carbocycles. The molecule has 102 valence electrons. The number of para-hydroxylation sites is 1. The van der Waals surface area contributed by atoms with Gasteiger partial charge in [-0.15, -0.1) is 16.4 Å². The molecule has 3 aromatic rings. The van der Waals surface area contributed by atoms with Crippen LogP contribution in [-0.4, -0.2) is 27.5 Å². The van der Waals surface area contributed by atoms with Crippen molar-refractivity contribution in [1.82, 2.24) is 9.78 Å². The van der Waals surface area contributed by atoms with Crippen molar-refractivity contribution >= 4 is 27.5 Å². The molecule has 0 aliphatic heterocycles. The van der Waals surface area contributed by atoms with E-state index in [1.54, 1.807) is 17.7 Å². The Morgan fingerprint density at radius 1 is 1.40 bits per heavy atom. The zero-order chi connectivity index (χ0) is 14.1. The van der Waals surface area contributed by atoms with Gasteiger partial charge in [0.25, 0.3) is 0 Å². The highest BCUT2D eigenvalue weighted by Crippen LogP contribution is 2.34. The first-order valence-electron chi connectivity index (χ1n) is 6.14. The Morgan fingerprint density at radius 3 is 2.85 bits per heavy atom. The molecule has 1 aromatic carbocycles. The molecule has 0 saturated heterocycles. The smallest absolute Gasteiger partial charge is 0.348 e. The lowest BCUT2D eigenvalue weighted by atomic mass is 10.3. The van der Waals surface area contributed by atoms with Gasteiger partial charge in [-0.05, 0) is 25.1 Å². The highest BCUT2D eigenvalue weighted by Gasteiger charge is 2.19. The van der Waals surface area contributed by atoms with Gasteiger partial charge in [0.2, 0.25) is 5.88 Å². The number of nitrogens with zero attached hydrogens (tertiary/aromatic N) is 2. The molecule has 0 radical (unpaired) electrons. The minimum absolute atomic E-state index is 0.0874. The van der Waals surface area contributed by atoms with Gasteiger partial charge in [0, 0.05) is 0 Å². The third-order valence-corrected chi connectivity index (χ3v) is 3.91. The van der Waals surface area contributed by atoms with E-state index in [0.717, 1.165) is 10.5 Å². The van der Waals surface area contributed by atoms with Gasteiger partial charge >= 0.3 is 5.97 Å². The predicted octanol–water partition coefficient (Wildman–Crippen LogP) is 2.97. The van der Waals surface area contributed by atoms with Crippen LogP contribution in [0.3, 0.4) is 0 Å². The summed E-state index contributed by atoms with van der Waals surface area (Å²) in [6, 6.07) is 11.1. The van der Waals surface area contributed by atoms with Gasteiger partial charge in [0.1, 0.15) is 9.71 Å². The van der Waals surface area contributed by atoms with Crippen LogP contribution in [0.15, 0.2) is 36.4 Å². The van der Waals surface area contributed by atoms with Crippen molar-refractivity contribution in [1.29, 1.82) is 0 Å². The van der Waals surface area contributed by atoms with Gasteiger partial charge in [-0.1, -0.05) is 18.2 Å². The number of esters is 1. The highest BCUT2D eigenvalue weighted by atomic mass is 32.1. The van der Waals surface area contributed by atoms with Crippen LogP contribution in [0.5, 0.6) is 5.88 Å². The SMILES string of the molecule is CCOC(=O)c1cc2c(O)nn(-c3ccccc3)c2s1. The summed E-state index contributed by atoms with van der Waals surface area (Å²) in [4.78, 5) is 12.9. The largest absolute Gasteiger partial charge is 0.492 e. The van der Waals surface area contributed by atoms with E-state index in [1.165, 1.54) is 11.3 Å². The molecular formula is C14H12N2O3S. The number of thiophene rings is 1. The van der Waals surface area contributed by atoms with Crippen LogP contribution < -0.4 is 0 Å². The standard InChI is InChI=1S/C14H12N2O3S/c1-2-19-14(18)11-8-10-12(17)15-16(13(10)20-11)9-6-4-3-5-7-9/h3-8H,2H2,1H3,(H,15,17). The molecule has 0 atom stereocenters. The van der Waals surface area contributed by atoms with Crippen LogP contribution in [0.1, 0.15) is 16.6 Å². The monoisotopic (exact) mass is 288 g/mol. The Morgan fingerprint density at radius 2 is 2.15 bits per heavy atom. The first kappa shape index (κ1) is 12.7. The van der Waals surface area contributed by atoms with Gasteiger partial charge in [-0.2, -0.15) is 0 Å². The molecule has 0 unspecified atom stereocenters. The van der Waals surface area contributed by atoms with Crippen molar-refractivity contribution in [3.8, 4) is 11.6 Å². The molecule has 5 nitrogen and oxygen atoms in total. The number of hydrogen-bond donors (Lipinski definition) is 1. The Hall–Kier alpha value is -2.34. The van der Waals surface area contributed by atoms with E-state index < -0.39 is 0 Å². The van der Waals surface area contributed by atoms with E-state index >= 15 is 0 Å². The summed E-state index contributed by atoms with van der Waals surface area (Å²) in [5.41, 5.74) is 0.829. The maximum Gasteiger partial charge on any atom is 0.348 e. The van der Waals surface area contributed by atoms with E-state index in [0.29, 0.717) is 16.9 Å². The zero-order valence-corrected chi connectivity index (χ0v) is 11.6. The van der Waals surface area contributed by atoms with E-state index in [4.69, 9.17) is 4.74 Å². The second kappa shape index (κ2) is 4.97. The van der Waals surface area contributed by atoms with Crippen molar-refractivity contribution in [2.75, 3.05) is 6.61 Å². The molecule has 0 bridgehead atoms. The molecule has 0 fully saturated rings. The van der Waals surface area contributed by atoms with Gasteiger partial charge in [-0.3, -0.25) is 0 Å². The fourth-order valence-electron chi connectivity index (χ4n) is 1.94. The first-order chi connectivity index (χ1) is 9.70. The van der Waals surface area contributed by atoms with Crippen LogP contribution in [0.25, 0.3) is 15.9 Å². The number of aromatic hydroxyl groups is 1. The molecule has 0 aliphatic rings. The normalized spacial score (nSPS) is 10.8. The Balaban J connectivity index is 2.13. The lowest BCUT2D eigenvalue weighted by molar-refractivity contribution is 0.0532. The lowest BCUT2D eigenvalue weighted by Crippen LogP contribution is -2.01. The number of hydrogen-bond acceptors (Lipinski definition) is 5. The van der Waals surface area contributed by atoms with Crippen molar-refractivity contribution < 1.29 is 14.6 Å². The third-order valence-electron chi connectivity index (χ3n) is 2.82. The fourth-order valence-corrected chi connectivity index (χ4v) is 2.96. The average molecular weight is 288 g/mol. The maximum atomic E-state index is 11.7. The number of carbonyl (C=O) groups excluding carboxylic acids is 1. The summed E-state index contributed by atoms with van der Waals surface area (Å²) in [5, 5.41) is 14.6. The molecule has 6 heteroatoms. The summed E-state index contributed by atoms with van der Waals surface area (Å²) in [5.74, 6) is -0.469. The van der Waals surface area contributed by atoms with Gasteiger partial charge in [0.15, 0.2) is 0 Å².